The van der Waals surface area contributed by atoms with Crippen LogP contribution in [0.4, 0.5) is 0 Å². The molecular formula is C13H15N3OS. The van der Waals surface area contributed by atoms with E-state index in [9.17, 15) is 4.79 Å². The number of nitrogens with two attached hydrogens (primary N) is 1. The van der Waals surface area contributed by atoms with Crippen molar-refractivity contribution in [1.29, 1.82) is 0 Å². The summed E-state index contributed by atoms with van der Waals surface area (Å²) in [5.74, 6) is -0.336. The van der Waals surface area contributed by atoms with Crippen LogP contribution in [-0.4, -0.2) is 20.7 Å². The molecule has 4 nitrogen and oxygen atoms in total. The summed E-state index contributed by atoms with van der Waals surface area (Å²) >= 11 is 1.37. The third-order valence-corrected chi connectivity index (χ3v) is 3.72. The lowest BCUT2D eigenvalue weighted by molar-refractivity contribution is -0.117. The van der Waals surface area contributed by atoms with Crippen molar-refractivity contribution in [1.82, 2.24) is 9.55 Å². The lowest BCUT2D eigenvalue weighted by Crippen LogP contribution is -2.23. The Kier molecular flexibility index (Phi) is 3.72. The van der Waals surface area contributed by atoms with Gasteiger partial charge in [0, 0.05) is 6.54 Å². The van der Waals surface area contributed by atoms with E-state index in [0.29, 0.717) is 6.54 Å². The number of para-hydroxylation sites is 2. The average Bonchev–Trinajstić information content (AvgIpc) is 2.68. The van der Waals surface area contributed by atoms with Crippen LogP contribution in [0.15, 0.2) is 42.1 Å². The molecule has 0 aliphatic carbocycles. The first-order valence-electron chi connectivity index (χ1n) is 5.65. The monoisotopic (exact) mass is 261 g/mol. The molecule has 94 valence electrons. The van der Waals surface area contributed by atoms with Crippen LogP contribution in [0.5, 0.6) is 0 Å². The number of carbonyl (C=O) groups excluding carboxylic acids is 1. The number of nitrogens with zero attached hydrogens (tertiary/aromatic N) is 2. The summed E-state index contributed by atoms with van der Waals surface area (Å²) in [6.45, 7) is 6.19. The molecule has 1 heterocycles. The van der Waals surface area contributed by atoms with Crippen LogP contribution in [0.1, 0.15) is 6.92 Å². The maximum absolute atomic E-state index is 11.1. The molecule has 1 aromatic carbocycles. The smallest absolute Gasteiger partial charge is 0.230 e. The lowest BCUT2D eigenvalue weighted by atomic mass is 10.3. The number of primary amides is 1. The van der Waals surface area contributed by atoms with E-state index in [0.717, 1.165) is 16.2 Å². The van der Waals surface area contributed by atoms with Gasteiger partial charge in [-0.1, -0.05) is 30.0 Å². The van der Waals surface area contributed by atoms with Crippen molar-refractivity contribution in [2.45, 2.75) is 23.9 Å². The first-order chi connectivity index (χ1) is 8.63. The predicted octanol–water partition coefficient (Wildman–Crippen LogP) is 2.19. The van der Waals surface area contributed by atoms with Crippen molar-refractivity contribution >= 4 is 28.7 Å². The zero-order valence-corrected chi connectivity index (χ0v) is 11.0. The van der Waals surface area contributed by atoms with Gasteiger partial charge in [0.2, 0.25) is 5.91 Å². The summed E-state index contributed by atoms with van der Waals surface area (Å²) in [5, 5.41) is 0.493. The van der Waals surface area contributed by atoms with E-state index in [1.807, 2.05) is 34.9 Å². The van der Waals surface area contributed by atoms with Crippen LogP contribution in [0, 0.1) is 0 Å². The van der Waals surface area contributed by atoms with Crippen LogP contribution < -0.4 is 5.73 Å². The Hall–Kier alpha value is -1.75. The Bertz CT molecular complexity index is 591. The minimum Gasteiger partial charge on any atom is -0.369 e. The van der Waals surface area contributed by atoms with Crippen molar-refractivity contribution in [3.63, 3.8) is 0 Å². The number of rotatable bonds is 5. The fourth-order valence-electron chi connectivity index (χ4n) is 1.67. The fourth-order valence-corrected chi connectivity index (χ4v) is 2.55. The van der Waals surface area contributed by atoms with Crippen LogP contribution in [0.2, 0.25) is 0 Å². The van der Waals surface area contributed by atoms with Crippen LogP contribution >= 0.6 is 11.8 Å². The molecule has 1 aromatic heterocycles. The summed E-state index contributed by atoms with van der Waals surface area (Å²) in [5.41, 5.74) is 7.24. The second-order valence-corrected chi connectivity index (χ2v) is 5.25. The largest absolute Gasteiger partial charge is 0.369 e. The van der Waals surface area contributed by atoms with E-state index in [2.05, 4.69) is 11.6 Å². The summed E-state index contributed by atoms with van der Waals surface area (Å²) in [7, 11) is 0. The van der Waals surface area contributed by atoms with Gasteiger partial charge >= 0.3 is 0 Å². The molecule has 0 aliphatic rings. The van der Waals surface area contributed by atoms with E-state index < -0.39 is 0 Å². The lowest BCUT2D eigenvalue weighted by Gasteiger charge is -2.08. The Labute approximate surface area is 110 Å². The molecule has 0 saturated carbocycles. The molecule has 1 unspecified atom stereocenters. The van der Waals surface area contributed by atoms with Crippen molar-refractivity contribution in [3.05, 3.63) is 36.9 Å². The predicted molar refractivity (Wildman–Crippen MR) is 74.4 cm³/mol. The van der Waals surface area contributed by atoms with Crippen molar-refractivity contribution in [3.8, 4) is 0 Å². The molecule has 0 spiro atoms. The van der Waals surface area contributed by atoms with Crippen molar-refractivity contribution in [2.75, 3.05) is 0 Å². The second kappa shape index (κ2) is 5.27. The Morgan fingerprint density at radius 3 is 3.00 bits per heavy atom. The van der Waals surface area contributed by atoms with E-state index >= 15 is 0 Å². The number of aromatic nitrogens is 2. The molecule has 0 bridgehead atoms. The van der Waals surface area contributed by atoms with Crippen LogP contribution in [-0.2, 0) is 11.3 Å². The Balaban J connectivity index is 2.45. The molecule has 0 radical (unpaired) electrons. The number of imidazole rings is 1. The fraction of sp³-hybridized carbons (Fsp3) is 0.231. The van der Waals surface area contributed by atoms with Gasteiger partial charge in [-0.05, 0) is 19.1 Å². The number of allylic oxidation sites excluding steroid dienone is 1. The minimum absolute atomic E-state index is 0.301. The molecule has 2 rings (SSSR count). The second-order valence-electron chi connectivity index (χ2n) is 3.94. The van der Waals surface area contributed by atoms with E-state index in [1.54, 1.807) is 6.92 Å². The zero-order valence-electron chi connectivity index (χ0n) is 10.2. The van der Waals surface area contributed by atoms with E-state index in [1.165, 1.54) is 11.8 Å². The molecule has 1 atom stereocenters. The Morgan fingerprint density at radius 1 is 1.61 bits per heavy atom. The van der Waals surface area contributed by atoms with Gasteiger partial charge < -0.3 is 10.3 Å². The molecule has 1 amide bonds. The summed E-state index contributed by atoms with van der Waals surface area (Å²) in [6, 6.07) is 7.87. The zero-order chi connectivity index (χ0) is 13.1. The third-order valence-electron chi connectivity index (χ3n) is 2.61. The number of benzene rings is 1. The molecule has 18 heavy (non-hydrogen) atoms. The molecule has 0 aliphatic heterocycles. The quantitative estimate of drug-likeness (QED) is 0.663. The normalized spacial score (nSPS) is 12.5. The van der Waals surface area contributed by atoms with Crippen molar-refractivity contribution in [2.24, 2.45) is 5.73 Å². The highest BCUT2D eigenvalue weighted by Gasteiger charge is 2.16. The number of hydrogen-bond acceptors (Lipinski definition) is 3. The van der Waals surface area contributed by atoms with E-state index in [4.69, 9.17) is 5.73 Å². The number of thioether (sulfide) groups is 1. The summed E-state index contributed by atoms with van der Waals surface area (Å²) < 4.78 is 2.03. The third kappa shape index (κ3) is 2.41. The minimum atomic E-state index is -0.336. The molecule has 2 N–H and O–H groups in total. The Morgan fingerprint density at radius 2 is 2.33 bits per heavy atom. The van der Waals surface area contributed by atoms with Gasteiger partial charge in [0.1, 0.15) is 0 Å². The SMILES string of the molecule is C=CCn1c(SC(C)C(N)=O)nc2ccccc21. The topological polar surface area (TPSA) is 60.9 Å². The number of fused-ring (bicyclic) bond motifs is 1. The average molecular weight is 261 g/mol. The standard InChI is InChI=1S/C13H15N3OS/c1-3-8-16-11-7-5-4-6-10(11)15-13(16)18-9(2)12(14)17/h3-7,9H,1,8H2,2H3,(H2,14,17). The van der Waals surface area contributed by atoms with Crippen molar-refractivity contribution < 1.29 is 4.79 Å². The summed E-state index contributed by atoms with van der Waals surface area (Å²) in [4.78, 5) is 15.7. The van der Waals surface area contributed by atoms with Gasteiger partial charge in [0.15, 0.2) is 5.16 Å². The van der Waals surface area contributed by atoms with Gasteiger partial charge in [-0.15, -0.1) is 6.58 Å². The summed E-state index contributed by atoms with van der Waals surface area (Å²) in [6.07, 6.45) is 1.81. The highest BCUT2D eigenvalue weighted by atomic mass is 32.2. The number of carbonyl (C=O) groups is 1. The molecule has 5 heteroatoms. The number of hydrogen-bond donors (Lipinski definition) is 1. The molecular weight excluding hydrogens is 246 g/mol. The maximum Gasteiger partial charge on any atom is 0.230 e. The van der Waals surface area contributed by atoms with Gasteiger partial charge in [-0.3, -0.25) is 4.79 Å². The van der Waals surface area contributed by atoms with Gasteiger partial charge in [-0.2, -0.15) is 0 Å². The first-order valence-corrected chi connectivity index (χ1v) is 6.53. The first kappa shape index (κ1) is 12.7. The van der Waals surface area contributed by atoms with Gasteiger partial charge in [0.25, 0.3) is 0 Å². The van der Waals surface area contributed by atoms with E-state index in [-0.39, 0.29) is 11.2 Å². The number of amides is 1. The molecule has 0 saturated heterocycles. The highest BCUT2D eigenvalue weighted by molar-refractivity contribution is 8.00. The van der Waals surface area contributed by atoms with Gasteiger partial charge in [-0.25, -0.2) is 4.98 Å². The van der Waals surface area contributed by atoms with Crippen LogP contribution in [0.25, 0.3) is 11.0 Å². The molecule has 0 fully saturated rings. The van der Waals surface area contributed by atoms with Gasteiger partial charge in [0.05, 0.1) is 16.3 Å². The van der Waals surface area contributed by atoms with Crippen LogP contribution in [0.3, 0.4) is 0 Å². The highest BCUT2D eigenvalue weighted by Crippen LogP contribution is 2.27. The maximum atomic E-state index is 11.1. The molecule has 2 aromatic rings.